The van der Waals surface area contributed by atoms with Crippen LogP contribution in [0.1, 0.15) is 10.4 Å². The number of nitrogens with zero attached hydrogens (tertiary/aromatic N) is 2. The van der Waals surface area contributed by atoms with Crippen LogP contribution in [0.3, 0.4) is 0 Å². The SMILES string of the molecule is Cc1sc2nc3n(c(=O)c2c1C)C[C@H](CI)S3. The summed E-state index contributed by atoms with van der Waals surface area (Å²) in [4.78, 5) is 19.2. The molecule has 3 nitrogen and oxygen atoms in total. The third-order valence-electron chi connectivity index (χ3n) is 3.08. The van der Waals surface area contributed by atoms with Crippen LogP contribution < -0.4 is 5.56 Å². The van der Waals surface area contributed by atoms with E-state index >= 15 is 0 Å². The third-order valence-corrected chi connectivity index (χ3v) is 7.02. The van der Waals surface area contributed by atoms with Crippen LogP contribution >= 0.6 is 45.7 Å². The predicted molar refractivity (Wildman–Crippen MR) is 81.9 cm³/mol. The van der Waals surface area contributed by atoms with Crippen LogP contribution in [0.5, 0.6) is 0 Å². The van der Waals surface area contributed by atoms with Crippen molar-refractivity contribution in [1.29, 1.82) is 0 Å². The first-order valence-corrected chi connectivity index (χ1v) is 8.57. The second-order valence-electron chi connectivity index (χ2n) is 4.17. The molecular weight excluding hydrogens is 367 g/mol. The monoisotopic (exact) mass is 378 g/mol. The maximum Gasteiger partial charge on any atom is 0.263 e. The molecule has 1 aliphatic heterocycles. The first-order chi connectivity index (χ1) is 8.11. The average molecular weight is 378 g/mol. The minimum Gasteiger partial charge on any atom is -0.286 e. The van der Waals surface area contributed by atoms with Crippen LogP contribution in [0.4, 0.5) is 0 Å². The van der Waals surface area contributed by atoms with Gasteiger partial charge in [0, 0.05) is 21.1 Å². The molecule has 0 amide bonds. The van der Waals surface area contributed by atoms with Gasteiger partial charge in [0.05, 0.1) is 5.39 Å². The smallest absolute Gasteiger partial charge is 0.263 e. The topological polar surface area (TPSA) is 34.9 Å². The van der Waals surface area contributed by atoms with Crippen LogP contribution in [-0.2, 0) is 6.54 Å². The Hall–Kier alpha value is -0.0800. The van der Waals surface area contributed by atoms with Crippen molar-refractivity contribution in [3.63, 3.8) is 0 Å². The van der Waals surface area contributed by atoms with Crippen molar-refractivity contribution in [1.82, 2.24) is 9.55 Å². The maximum absolute atomic E-state index is 12.4. The Morgan fingerprint density at radius 1 is 1.53 bits per heavy atom. The molecule has 2 aromatic rings. The summed E-state index contributed by atoms with van der Waals surface area (Å²) in [5, 5.41) is 2.21. The zero-order chi connectivity index (χ0) is 12.2. The molecule has 3 rings (SSSR count). The summed E-state index contributed by atoms with van der Waals surface area (Å²) in [6.07, 6.45) is 0. The summed E-state index contributed by atoms with van der Waals surface area (Å²) < 4.78 is 2.90. The highest BCUT2D eigenvalue weighted by atomic mass is 127. The van der Waals surface area contributed by atoms with E-state index in [9.17, 15) is 4.79 Å². The van der Waals surface area contributed by atoms with E-state index in [1.807, 2.05) is 11.5 Å². The average Bonchev–Trinajstić information content (AvgIpc) is 2.82. The second kappa shape index (κ2) is 4.24. The van der Waals surface area contributed by atoms with E-state index in [1.165, 1.54) is 4.88 Å². The van der Waals surface area contributed by atoms with E-state index in [1.54, 1.807) is 23.1 Å². The number of fused-ring (bicyclic) bond motifs is 2. The van der Waals surface area contributed by atoms with Crippen molar-refractivity contribution in [3.8, 4) is 0 Å². The van der Waals surface area contributed by atoms with E-state index < -0.39 is 0 Å². The lowest BCUT2D eigenvalue weighted by molar-refractivity contribution is 0.634. The van der Waals surface area contributed by atoms with E-state index in [0.717, 1.165) is 31.9 Å². The molecule has 0 aromatic carbocycles. The van der Waals surface area contributed by atoms with Gasteiger partial charge in [0.15, 0.2) is 5.16 Å². The molecule has 0 saturated heterocycles. The minimum atomic E-state index is 0.145. The minimum absolute atomic E-state index is 0.145. The van der Waals surface area contributed by atoms with Crippen molar-refractivity contribution in [3.05, 3.63) is 20.8 Å². The van der Waals surface area contributed by atoms with Crippen LogP contribution in [0.25, 0.3) is 10.2 Å². The normalized spacial score (nSPS) is 18.9. The molecule has 0 radical (unpaired) electrons. The largest absolute Gasteiger partial charge is 0.286 e. The summed E-state index contributed by atoms with van der Waals surface area (Å²) in [5.41, 5.74) is 1.24. The van der Waals surface area contributed by atoms with Gasteiger partial charge in [-0.2, -0.15) is 0 Å². The van der Waals surface area contributed by atoms with Crippen LogP contribution in [0.15, 0.2) is 9.95 Å². The first-order valence-electron chi connectivity index (χ1n) is 5.35. The Bertz CT molecular complexity index is 662. The molecule has 1 atom stereocenters. The number of hydrogen-bond acceptors (Lipinski definition) is 4. The molecule has 0 N–H and O–H groups in total. The number of rotatable bonds is 1. The van der Waals surface area contributed by atoms with Gasteiger partial charge in [-0.1, -0.05) is 34.4 Å². The molecule has 0 aliphatic carbocycles. The molecule has 1 aliphatic rings. The Morgan fingerprint density at radius 2 is 2.29 bits per heavy atom. The number of aryl methyl sites for hydroxylation is 2. The van der Waals surface area contributed by atoms with Crippen molar-refractivity contribution in [2.45, 2.75) is 30.8 Å². The number of halogens is 1. The molecule has 0 spiro atoms. The molecule has 3 heterocycles. The van der Waals surface area contributed by atoms with Gasteiger partial charge in [-0.25, -0.2) is 4.98 Å². The lowest BCUT2D eigenvalue weighted by Crippen LogP contribution is -2.22. The van der Waals surface area contributed by atoms with Gasteiger partial charge in [0.1, 0.15) is 4.83 Å². The number of thiophene rings is 1. The van der Waals surface area contributed by atoms with Crippen molar-refractivity contribution in [2.75, 3.05) is 4.43 Å². The first kappa shape index (κ1) is 12.0. The third kappa shape index (κ3) is 1.76. The van der Waals surface area contributed by atoms with Gasteiger partial charge in [0.2, 0.25) is 0 Å². The summed E-state index contributed by atoms with van der Waals surface area (Å²) in [5.74, 6) is 0. The summed E-state index contributed by atoms with van der Waals surface area (Å²) >= 11 is 5.73. The molecule has 2 aromatic heterocycles. The van der Waals surface area contributed by atoms with E-state index in [-0.39, 0.29) is 5.56 Å². The number of hydrogen-bond donors (Lipinski definition) is 0. The van der Waals surface area contributed by atoms with Gasteiger partial charge in [0.25, 0.3) is 5.56 Å². The zero-order valence-electron chi connectivity index (χ0n) is 9.49. The Labute approximate surface area is 121 Å². The van der Waals surface area contributed by atoms with Crippen LogP contribution in [0.2, 0.25) is 0 Å². The molecule has 17 heavy (non-hydrogen) atoms. The van der Waals surface area contributed by atoms with Gasteiger partial charge < -0.3 is 0 Å². The van der Waals surface area contributed by atoms with E-state index in [2.05, 4.69) is 34.5 Å². The van der Waals surface area contributed by atoms with E-state index in [4.69, 9.17) is 0 Å². The Balaban J connectivity index is 2.31. The maximum atomic E-state index is 12.4. The fourth-order valence-corrected chi connectivity index (χ4v) is 4.94. The number of thioether (sulfide) groups is 1. The molecule has 90 valence electrons. The van der Waals surface area contributed by atoms with Crippen molar-refractivity contribution < 1.29 is 0 Å². The molecule has 0 fully saturated rings. The highest BCUT2D eigenvalue weighted by Gasteiger charge is 2.26. The summed E-state index contributed by atoms with van der Waals surface area (Å²) in [6.45, 7) is 4.87. The molecule has 6 heteroatoms. The predicted octanol–water partition coefficient (Wildman–Crippen LogP) is 2.98. The molecule has 0 unspecified atom stereocenters. The van der Waals surface area contributed by atoms with Crippen molar-refractivity contribution in [2.24, 2.45) is 0 Å². The molecular formula is C11H11IN2OS2. The fourth-order valence-electron chi connectivity index (χ4n) is 2.03. The second-order valence-corrected chi connectivity index (χ2v) is 7.52. The quantitative estimate of drug-likeness (QED) is 0.435. The fraction of sp³-hybridized carbons (Fsp3) is 0.455. The lowest BCUT2D eigenvalue weighted by atomic mass is 10.2. The standard InChI is InChI=1S/C11H11IN2OS2/c1-5-6(2)16-9-8(5)10(15)14-4-7(3-12)17-11(14)13-9/h7H,3-4H2,1-2H3/t7-/m0/s1. The lowest BCUT2D eigenvalue weighted by Gasteiger charge is -2.01. The number of alkyl halides is 1. The van der Waals surface area contributed by atoms with Crippen molar-refractivity contribution >= 4 is 55.9 Å². The molecule has 0 bridgehead atoms. The van der Waals surface area contributed by atoms with E-state index in [0.29, 0.717) is 5.25 Å². The Morgan fingerprint density at radius 3 is 3.00 bits per heavy atom. The van der Waals surface area contributed by atoms with Gasteiger partial charge >= 0.3 is 0 Å². The highest BCUT2D eigenvalue weighted by Crippen LogP contribution is 2.34. The van der Waals surface area contributed by atoms with Gasteiger partial charge in [-0.3, -0.25) is 9.36 Å². The zero-order valence-corrected chi connectivity index (χ0v) is 13.3. The number of aromatic nitrogens is 2. The van der Waals surface area contributed by atoms with Crippen LogP contribution in [0, 0.1) is 13.8 Å². The van der Waals surface area contributed by atoms with Crippen LogP contribution in [-0.4, -0.2) is 19.2 Å². The molecule has 0 saturated carbocycles. The van der Waals surface area contributed by atoms with Gasteiger partial charge in [-0.15, -0.1) is 11.3 Å². The highest BCUT2D eigenvalue weighted by molar-refractivity contribution is 14.1. The van der Waals surface area contributed by atoms with Gasteiger partial charge in [-0.05, 0) is 19.4 Å². The summed E-state index contributed by atoms with van der Waals surface area (Å²) in [6, 6.07) is 0. The Kier molecular flexibility index (Phi) is 2.99. The summed E-state index contributed by atoms with van der Waals surface area (Å²) in [7, 11) is 0.